The molecule has 4 nitrogen and oxygen atoms in total. The highest BCUT2D eigenvalue weighted by atomic mass is 16.6. The number of hydrogen-bond donors (Lipinski definition) is 1. The SMILES string of the molecule is CC1(O)CN(C2CCOC3(CCOC3)C2)C1. The van der Waals surface area contributed by atoms with E-state index in [4.69, 9.17) is 9.47 Å². The van der Waals surface area contributed by atoms with Crippen LogP contribution in [0.5, 0.6) is 0 Å². The predicted molar refractivity (Wildman–Crippen MR) is 59.3 cm³/mol. The van der Waals surface area contributed by atoms with Crippen molar-refractivity contribution < 1.29 is 14.6 Å². The highest BCUT2D eigenvalue weighted by molar-refractivity contribution is 5.00. The van der Waals surface area contributed by atoms with Crippen LogP contribution in [0.15, 0.2) is 0 Å². The van der Waals surface area contributed by atoms with Crippen LogP contribution in [0.4, 0.5) is 0 Å². The first-order chi connectivity index (χ1) is 7.59. The Kier molecular flexibility index (Phi) is 2.51. The first-order valence-corrected chi connectivity index (χ1v) is 6.27. The molecule has 0 aromatic carbocycles. The second-order valence-corrected chi connectivity index (χ2v) is 5.88. The molecule has 3 heterocycles. The van der Waals surface area contributed by atoms with Crippen molar-refractivity contribution in [2.24, 2.45) is 0 Å². The number of likely N-dealkylation sites (tertiary alicyclic amines) is 1. The summed E-state index contributed by atoms with van der Waals surface area (Å²) in [5.41, 5.74) is -0.470. The van der Waals surface area contributed by atoms with Crippen molar-refractivity contribution in [3.05, 3.63) is 0 Å². The Labute approximate surface area is 96.5 Å². The van der Waals surface area contributed by atoms with Gasteiger partial charge in [-0.15, -0.1) is 0 Å². The summed E-state index contributed by atoms with van der Waals surface area (Å²) in [6, 6.07) is 0.579. The average Bonchev–Trinajstić information content (AvgIpc) is 2.63. The van der Waals surface area contributed by atoms with Crippen LogP contribution < -0.4 is 0 Å². The lowest BCUT2D eigenvalue weighted by Gasteiger charge is -2.51. The average molecular weight is 227 g/mol. The summed E-state index contributed by atoms with van der Waals surface area (Å²) >= 11 is 0. The van der Waals surface area contributed by atoms with Crippen LogP contribution in [0.1, 0.15) is 26.2 Å². The Morgan fingerprint density at radius 3 is 2.75 bits per heavy atom. The summed E-state index contributed by atoms with van der Waals surface area (Å²) in [6.07, 6.45) is 3.20. The normalized spacial score (nSPS) is 43.5. The summed E-state index contributed by atoms with van der Waals surface area (Å²) < 4.78 is 11.4. The largest absolute Gasteiger partial charge is 0.388 e. The number of aliphatic hydroxyl groups is 1. The minimum Gasteiger partial charge on any atom is -0.388 e. The van der Waals surface area contributed by atoms with Crippen molar-refractivity contribution in [3.8, 4) is 0 Å². The maximum absolute atomic E-state index is 9.77. The van der Waals surface area contributed by atoms with Crippen molar-refractivity contribution in [1.29, 1.82) is 0 Å². The van der Waals surface area contributed by atoms with E-state index in [0.717, 1.165) is 52.2 Å². The number of β-amino-alcohol motifs (C(OH)–C–C–N with tert-alkyl or cyclic N) is 1. The molecular formula is C12H21NO3. The van der Waals surface area contributed by atoms with Gasteiger partial charge in [0, 0.05) is 38.8 Å². The van der Waals surface area contributed by atoms with E-state index in [0.29, 0.717) is 6.04 Å². The lowest BCUT2D eigenvalue weighted by atomic mass is 9.85. The quantitative estimate of drug-likeness (QED) is 0.703. The second-order valence-electron chi connectivity index (χ2n) is 5.88. The van der Waals surface area contributed by atoms with Crippen molar-refractivity contribution in [3.63, 3.8) is 0 Å². The van der Waals surface area contributed by atoms with Gasteiger partial charge in [0.15, 0.2) is 0 Å². The van der Waals surface area contributed by atoms with Gasteiger partial charge in [-0.3, -0.25) is 4.90 Å². The van der Waals surface area contributed by atoms with Crippen LogP contribution in [-0.4, -0.2) is 60.2 Å². The van der Waals surface area contributed by atoms with Crippen molar-refractivity contribution in [2.45, 2.75) is 43.4 Å². The van der Waals surface area contributed by atoms with Crippen LogP contribution in [0, 0.1) is 0 Å². The first-order valence-electron chi connectivity index (χ1n) is 6.27. The molecule has 3 aliphatic heterocycles. The molecule has 3 rings (SSSR count). The van der Waals surface area contributed by atoms with Gasteiger partial charge < -0.3 is 14.6 Å². The Balaban J connectivity index is 1.60. The zero-order valence-corrected chi connectivity index (χ0v) is 9.95. The van der Waals surface area contributed by atoms with E-state index in [1.165, 1.54) is 0 Å². The van der Waals surface area contributed by atoms with Crippen LogP contribution in [-0.2, 0) is 9.47 Å². The minimum atomic E-state index is -0.461. The monoisotopic (exact) mass is 227 g/mol. The van der Waals surface area contributed by atoms with Crippen molar-refractivity contribution in [1.82, 2.24) is 4.90 Å². The number of nitrogens with zero attached hydrogens (tertiary/aromatic N) is 1. The highest BCUT2D eigenvalue weighted by Crippen LogP contribution is 2.37. The van der Waals surface area contributed by atoms with Gasteiger partial charge in [-0.05, 0) is 19.8 Å². The standard InChI is InChI=1S/C12H21NO3/c1-11(14)7-13(8-11)10-2-4-16-12(6-10)3-5-15-9-12/h10,14H,2-9H2,1H3. The molecule has 92 valence electrons. The molecule has 1 N–H and O–H groups in total. The van der Waals surface area contributed by atoms with E-state index in [-0.39, 0.29) is 5.60 Å². The molecule has 0 radical (unpaired) electrons. The molecule has 2 atom stereocenters. The van der Waals surface area contributed by atoms with Gasteiger partial charge in [0.1, 0.15) is 0 Å². The van der Waals surface area contributed by atoms with Gasteiger partial charge in [0.25, 0.3) is 0 Å². The van der Waals surface area contributed by atoms with Crippen LogP contribution >= 0.6 is 0 Å². The summed E-state index contributed by atoms with van der Waals surface area (Å²) in [6.45, 7) is 5.98. The maximum atomic E-state index is 9.77. The summed E-state index contributed by atoms with van der Waals surface area (Å²) in [7, 11) is 0. The van der Waals surface area contributed by atoms with E-state index < -0.39 is 5.60 Å². The lowest BCUT2D eigenvalue weighted by molar-refractivity contribution is -0.153. The molecule has 2 unspecified atom stereocenters. The zero-order valence-electron chi connectivity index (χ0n) is 9.95. The third kappa shape index (κ3) is 1.88. The molecule has 1 spiro atoms. The molecule has 0 aromatic rings. The van der Waals surface area contributed by atoms with E-state index >= 15 is 0 Å². The third-order valence-electron chi connectivity index (χ3n) is 4.14. The van der Waals surface area contributed by atoms with Gasteiger partial charge in [0.05, 0.1) is 17.8 Å². The van der Waals surface area contributed by atoms with Crippen molar-refractivity contribution in [2.75, 3.05) is 32.9 Å². The van der Waals surface area contributed by atoms with Gasteiger partial charge in [-0.1, -0.05) is 0 Å². The fraction of sp³-hybridized carbons (Fsp3) is 1.00. The Morgan fingerprint density at radius 2 is 2.12 bits per heavy atom. The molecule has 3 fully saturated rings. The fourth-order valence-corrected chi connectivity index (χ4v) is 3.26. The Hall–Kier alpha value is -0.160. The number of ether oxygens (including phenoxy) is 2. The topological polar surface area (TPSA) is 41.9 Å². The highest BCUT2D eigenvalue weighted by Gasteiger charge is 2.47. The Bertz CT molecular complexity index is 265. The molecule has 0 aliphatic carbocycles. The first kappa shape index (κ1) is 11.0. The van der Waals surface area contributed by atoms with Crippen molar-refractivity contribution >= 4 is 0 Å². The van der Waals surface area contributed by atoms with Crippen LogP contribution in [0.3, 0.4) is 0 Å². The number of hydrogen-bond acceptors (Lipinski definition) is 4. The van der Waals surface area contributed by atoms with Gasteiger partial charge in [0.2, 0.25) is 0 Å². The predicted octanol–water partition coefficient (Wildman–Crippen LogP) is 0.391. The maximum Gasteiger partial charge on any atom is 0.0951 e. The Morgan fingerprint density at radius 1 is 1.31 bits per heavy atom. The third-order valence-corrected chi connectivity index (χ3v) is 4.14. The van der Waals surface area contributed by atoms with E-state index in [1.54, 1.807) is 0 Å². The van der Waals surface area contributed by atoms with Crippen LogP contribution in [0.25, 0.3) is 0 Å². The zero-order chi connectivity index (χ0) is 11.2. The van der Waals surface area contributed by atoms with E-state index in [9.17, 15) is 5.11 Å². The molecule has 0 saturated carbocycles. The molecular weight excluding hydrogens is 206 g/mol. The number of rotatable bonds is 1. The summed E-state index contributed by atoms with van der Waals surface area (Å²) in [5, 5.41) is 9.77. The lowest BCUT2D eigenvalue weighted by Crippen LogP contribution is -2.65. The van der Waals surface area contributed by atoms with Gasteiger partial charge in [-0.2, -0.15) is 0 Å². The molecule has 4 heteroatoms. The molecule has 0 aromatic heterocycles. The summed E-state index contributed by atoms with van der Waals surface area (Å²) in [5.74, 6) is 0. The van der Waals surface area contributed by atoms with Gasteiger partial charge >= 0.3 is 0 Å². The second kappa shape index (κ2) is 3.67. The molecule has 0 bridgehead atoms. The van der Waals surface area contributed by atoms with E-state index in [1.807, 2.05) is 6.92 Å². The smallest absolute Gasteiger partial charge is 0.0951 e. The fourth-order valence-electron chi connectivity index (χ4n) is 3.26. The molecule has 3 aliphatic rings. The van der Waals surface area contributed by atoms with Gasteiger partial charge in [-0.25, -0.2) is 0 Å². The minimum absolute atomic E-state index is 0.00956. The van der Waals surface area contributed by atoms with E-state index in [2.05, 4.69) is 4.90 Å². The summed E-state index contributed by atoms with van der Waals surface area (Å²) in [4.78, 5) is 2.39. The van der Waals surface area contributed by atoms with Crippen LogP contribution in [0.2, 0.25) is 0 Å². The molecule has 3 saturated heterocycles. The molecule has 16 heavy (non-hydrogen) atoms. The molecule has 0 amide bonds.